The quantitative estimate of drug-likeness (QED) is 0.407. The van der Waals surface area contributed by atoms with Gasteiger partial charge in [-0.1, -0.05) is 0 Å². The molecule has 180 valence electrons. The molecule has 3 aromatic heterocycles. The van der Waals surface area contributed by atoms with Crippen LogP contribution in [0.3, 0.4) is 0 Å². The van der Waals surface area contributed by atoms with Crippen molar-refractivity contribution in [1.82, 2.24) is 24.3 Å². The number of aromatic nitrogens is 4. The molecule has 1 atom stereocenters. The van der Waals surface area contributed by atoms with Gasteiger partial charge in [0, 0.05) is 41.7 Å². The molecule has 0 spiro atoms. The summed E-state index contributed by atoms with van der Waals surface area (Å²) in [5.74, 6) is -2.18. The number of imidazole rings is 1. The molecule has 7 nitrogen and oxygen atoms in total. The number of nitrogen functional groups attached to an aromatic ring is 1. The molecule has 0 amide bonds. The predicted molar refractivity (Wildman–Crippen MR) is 130 cm³/mol. The van der Waals surface area contributed by atoms with Crippen LogP contribution in [0, 0.1) is 18.6 Å². The molecular weight excluding hydrogens is 450 g/mol. The molecule has 0 radical (unpaired) electrons. The fourth-order valence-corrected chi connectivity index (χ4v) is 4.70. The van der Waals surface area contributed by atoms with Crippen molar-refractivity contribution in [3.05, 3.63) is 65.7 Å². The maximum Gasteiger partial charge on any atom is 0.185 e. The lowest BCUT2D eigenvalue weighted by Crippen LogP contribution is -2.25. The maximum absolute atomic E-state index is 14.1. The third kappa shape index (κ3) is 4.39. The first-order valence-corrected chi connectivity index (χ1v) is 11.6. The van der Waals surface area contributed by atoms with Crippen molar-refractivity contribution in [2.75, 3.05) is 19.3 Å². The molecule has 1 aliphatic heterocycles. The Labute approximate surface area is 201 Å². The summed E-state index contributed by atoms with van der Waals surface area (Å²) in [7, 11) is 2.07. The number of carbonyl (C=O) groups excluding carboxylic acids is 1. The summed E-state index contributed by atoms with van der Waals surface area (Å²) in [5, 5.41) is 0. The van der Waals surface area contributed by atoms with Crippen LogP contribution in [0.15, 0.2) is 42.7 Å². The number of nitrogens with zero attached hydrogens (tertiary/aromatic N) is 5. The van der Waals surface area contributed by atoms with Crippen LogP contribution >= 0.6 is 0 Å². The molecule has 1 fully saturated rings. The third-order valence-electron chi connectivity index (χ3n) is 6.72. The second-order valence-electron chi connectivity index (χ2n) is 9.07. The molecule has 0 unspecified atom stereocenters. The van der Waals surface area contributed by atoms with Gasteiger partial charge in [-0.25, -0.2) is 23.7 Å². The van der Waals surface area contributed by atoms with Gasteiger partial charge in [0.2, 0.25) is 0 Å². The molecule has 35 heavy (non-hydrogen) atoms. The number of nitrogens with two attached hydrogens (primary N) is 1. The maximum atomic E-state index is 14.1. The van der Waals surface area contributed by atoms with E-state index in [1.54, 1.807) is 6.20 Å². The van der Waals surface area contributed by atoms with Crippen molar-refractivity contribution >= 4 is 17.2 Å². The van der Waals surface area contributed by atoms with Crippen molar-refractivity contribution < 1.29 is 13.6 Å². The predicted octanol–water partition coefficient (Wildman–Crippen LogP) is 4.68. The number of hydrogen-bond acceptors (Lipinski definition) is 6. The van der Waals surface area contributed by atoms with E-state index in [4.69, 9.17) is 5.73 Å². The van der Waals surface area contributed by atoms with Crippen LogP contribution in [-0.2, 0) is 0 Å². The summed E-state index contributed by atoms with van der Waals surface area (Å²) in [6, 6.07) is 7.51. The Morgan fingerprint density at radius 2 is 1.89 bits per heavy atom. The minimum Gasteiger partial charge on any atom is -0.382 e. The molecule has 1 saturated heterocycles. The highest BCUT2D eigenvalue weighted by molar-refractivity contribution is 5.99. The van der Waals surface area contributed by atoms with Crippen LogP contribution in [0.2, 0.25) is 0 Å². The Hall–Kier alpha value is -3.72. The highest BCUT2D eigenvalue weighted by Gasteiger charge is 2.25. The standard InChI is InChI=1S/C26H26F2N6O/c1-15-13-30-22-10-6-17(14-34(15)22)24-23(16-5-8-19(27)20(28)12-16)32-26(29)25(31-24)21(35)9-7-18-4-3-11-33(18)2/h5-6,8,10,12-14,18H,3-4,7,9,11H2,1-2H3,(H2,29,32)/t18-/m1/s1. The van der Waals surface area contributed by atoms with Crippen molar-refractivity contribution in [1.29, 1.82) is 0 Å². The molecule has 1 aliphatic rings. The van der Waals surface area contributed by atoms with Gasteiger partial charge in [-0.2, -0.15) is 0 Å². The second kappa shape index (κ2) is 9.14. The van der Waals surface area contributed by atoms with Crippen molar-refractivity contribution in [3.8, 4) is 22.5 Å². The van der Waals surface area contributed by atoms with E-state index in [0.29, 0.717) is 29.3 Å². The summed E-state index contributed by atoms with van der Waals surface area (Å²) < 4.78 is 29.6. The molecule has 0 bridgehead atoms. The summed E-state index contributed by atoms with van der Waals surface area (Å²) in [4.78, 5) is 28.9. The van der Waals surface area contributed by atoms with Crippen LogP contribution in [0.1, 0.15) is 41.9 Å². The number of Topliss-reactive ketones (excluding diaryl/α,β-unsaturated/α-hetero) is 1. The molecule has 9 heteroatoms. The lowest BCUT2D eigenvalue weighted by Gasteiger charge is -2.19. The van der Waals surface area contributed by atoms with Crippen molar-refractivity contribution in [2.24, 2.45) is 0 Å². The van der Waals surface area contributed by atoms with Crippen molar-refractivity contribution in [3.63, 3.8) is 0 Å². The fraction of sp³-hybridized carbons (Fsp3) is 0.308. The number of ketones is 1. The summed E-state index contributed by atoms with van der Waals surface area (Å²) in [6.07, 6.45) is 6.80. The monoisotopic (exact) mass is 476 g/mol. The van der Waals surface area contributed by atoms with E-state index >= 15 is 0 Å². The zero-order valence-electron chi connectivity index (χ0n) is 19.6. The molecule has 0 saturated carbocycles. The van der Waals surface area contributed by atoms with Crippen LogP contribution in [-0.4, -0.2) is 49.7 Å². The number of halogens is 2. The third-order valence-corrected chi connectivity index (χ3v) is 6.72. The van der Waals surface area contributed by atoms with Gasteiger partial charge >= 0.3 is 0 Å². The summed E-state index contributed by atoms with van der Waals surface area (Å²) in [5.41, 5.74) is 9.54. The number of aryl methyl sites for hydroxylation is 1. The molecule has 4 aromatic rings. The number of hydrogen-bond donors (Lipinski definition) is 1. The van der Waals surface area contributed by atoms with Crippen molar-refractivity contribution in [2.45, 2.75) is 38.6 Å². The van der Waals surface area contributed by atoms with Gasteiger partial charge in [0.25, 0.3) is 0 Å². The molecule has 1 aromatic carbocycles. The largest absolute Gasteiger partial charge is 0.382 e. The number of likely N-dealkylation sites (tertiary alicyclic amines) is 1. The first-order valence-electron chi connectivity index (χ1n) is 11.6. The Morgan fingerprint density at radius 3 is 2.63 bits per heavy atom. The van der Waals surface area contributed by atoms with Crippen LogP contribution in [0.4, 0.5) is 14.6 Å². The smallest absolute Gasteiger partial charge is 0.185 e. The van der Waals surface area contributed by atoms with Crippen LogP contribution in [0.25, 0.3) is 28.2 Å². The highest BCUT2D eigenvalue weighted by Crippen LogP contribution is 2.32. The van der Waals surface area contributed by atoms with E-state index in [0.717, 1.165) is 49.3 Å². The number of carbonyl (C=O) groups is 1. The van der Waals surface area contributed by atoms with Gasteiger partial charge in [-0.05, 0) is 70.1 Å². The minimum atomic E-state index is -1.00. The van der Waals surface area contributed by atoms with Crippen LogP contribution < -0.4 is 5.73 Å². The van der Waals surface area contributed by atoms with E-state index in [2.05, 4.69) is 26.9 Å². The SMILES string of the molecule is Cc1cnc2ccc(-c3nc(C(=O)CC[C@H]4CCCN4C)c(N)nc3-c3ccc(F)c(F)c3)cn12. The average molecular weight is 477 g/mol. The van der Waals surface area contributed by atoms with Crippen LogP contribution in [0.5, 0.6) is 0 Å². The molecule has 4 heterocycles. The average Bonchev–Trinajstić information content (AvgIpc) is 3.43. The van der Waals surface area contributed by atoms with E-state index in [1.165, 1.54) is 6.07 Å². The van der Waals surface area contributed by atoms with E-state index in [-0.39, 0.29) is 23.0 Å². The first-order chi connectivity index (χ1) is 16.8. The summed E-state index contributed by atoms with van der Waals surface area (Å²) in [6.45, 7) is 2.95. The van der Waals surface area contributed by atoms with Gasteiger partial charge < -0.3 is 15.0 Å². The van der Waals surface area contributed by atoms with E-state index in [9.17, 15) is 13.6 Å². The van der Waals surface area contributed by atoms with E-state index in [1.807, 2.05) is 29.7 Å². The minimum absolute atomic E-state index is 0.0295. The number of rotatable bonds is 6. The Balaban J connectivity index is 1.59. The second-order valence-corrected chi connectivity index (χ2v) is 9.07. The summed E-state index contributed by atoms with van der Waals surface area (Å²) >= 11 is 0. The number of anilines is 1. The van der Waals surface area contributed by atoms with Gasteiger partial charge in [0.15, 0.2) is 23.2 Å². The van der Waals surface area contributed by atoms with E-state index < -0.39 is 11.6 Å². The normalized spacial score (nSPS) is 16.3. The Kier molecular flexibility index (Phi) is 6.02. The molecular formula is C26H26F2N6O. The van der Waals surface area contributed by atoms with Gasteiger partial charge in [-0.15, -0.1) is 0 Å². The highest BCUT2D eigenvalue weighted by atomic mass is 19.2. The Morgan fingerprint density at radius 1 is 1.11 bits per heavy atom. The molecule has 0 aliphatic carbocycles. The lowest BCUT2D eigenvalue weighted by atomic mass is 10.0. The fourth-order valence-electron chi connectivity index (χ4n) is 4.70. The lowest BCUT2D eigenvalue weighted by molar-refractivity contribution is 0.0966. The number of fused-ring (bicyclic) bond motifs is 1. The molecule has 5 rings (SSSR count). The zero-order chi connectivity index (χ0) is 24.7. The topological polar surface area (TPSA) is 89.4 Å². The van der Waals surface area contributed by atoms with Gasteiger partial charge in [0.05, 0.1) is 11.4 Å². The number of benzene rings is 1. The van der Waals surface area contributed by atoms with Gasteiger partial charge in [-0.3, -0.25) is 4.79 Å². The zero-order valence-corrected chi connectivity index (χ0v) is 19.6. The first kappa shape index (κ1) is 23.0. The van der Waals surface area contributed by atoms with Gasteiger partial charge in [0.1, 0.15) is 11.3 Å². The number of pyridine rings is 1. The molecule has 2 N–H and O–H groups in total. The Bertz CT molecular complexity index is 1430.